The summed E-state index contributed by atoms with van der Waals surface area (Å²) < 4.78 is 12.9. The predicted octanol–water partition coefficient (Wildman–Crippen LogP) is 2.78. The van der Waals surface area contributed by atoms with Gasteiger partial charge in [0.15, 0.2) is 0 Å². The Morgan fingerprint density at radius 3 is 2.43 bits per heavy atom. The van der Waals surface area contributed by atoms with Crippen molar-refractivity contribution in [1.82, 2.24) is 5.32 Å². The Morgan fingerprint density at radius 2 is 1.75 bits per heavy atom. The number of nitrogens with one attached hydrogen (secondary N) is 1. The number of aryl methyl sites for hydroxylation is 1. The fraction of sp³-hybridized carbons (Fsp3) is 0.364. The highest BCUT2D eigenvalue weighted by Crippen LogP contribution is 2.23. The molecule has 2 amide bonds. The lowest BCUT2D eigenvalue weighted by atomic mass is 9.97. The summed E-state index contributed by atoms with van der Waals surface area (Å²) in [5.74, 6) is -0.626. The molecule has 1 fully saturated rings. The molecular formula is C22H26FN3O2. The number of carbonyl (C=O) groups excluding carboxylic acids is 2. The SMILES string of the molecule is NC(=O)C1CCCN(c2ccc(CNC(=O)CCc3ccc(F)cc3)cc2)C1. The first-order chi connectivity index (χ1) is 13.5. The van der Waals surface area contributed by atoms with Crippen LogP contribution < -0.4 is 16.0 Å². The molecule has 0 aliphatic carbocycles. The third-order valence-corrected chi connectivity index (χ3v) is 5.17. The van der Waals surface area contributed by atoms with Gasteiger partial charge < -0.3 is 16.0 Å². The highest BCUT2D eigenvalue weighted by atomic mass is 19.1. The molecule has 0 bridgehead atoms. The summed E-state index contributed by atoms with van der Waals surface area (Å²) in [4.78, 5) is 25.6. The van der Waals surface area contributed by atoms with E-state index in [-0.39, 0.29) is 23.5 Å². The number of halogens is 1. The predicted molar refractivity (Wildman–Crippen MR) is 107 cm³/mol. The fourth-order valence-corrected chi connectivity index (χ4v) is 3.47. The van der Waals surface area contributed by atoms with Gasteiger partial charge in [0, 0.05) is 31.7 Å². The molecule has 1 atom stereocenters. The molecule has 3 N–H and O–H groups in total. The Morgan fingerprint density at radius 1 is 1.07 bits per heavy atom. The molecule has 1 saturated heterocycles. The van der Waals surface area contributed by atoms with Crippen LogP contribution in [0.25, 0.3) is 0 Å². The molecule has 0 aromatic heterocycles. The van der Waals surface area contributed by atoms with Crippen LogP contribution in [0, 0.1) is 11.7 Å². The number of carbonyl (C=O) groups is 2. The van der Waals surface area contributed by atoms with Crippen LogP contribution in [-0.2, 0) is 22.6 Å². The van der Waals surface area contributed by atoms with Crippen molar-refractivity contribution in [3.8, 4) is 0 Å². The quantitative estimate of drug-likeness (QED) is 0.772. The first kappa shape index (κ1) is 19.9. The van der Waals surface area contributed by atoms with E-state index in [1.165, 1.54) is 12.1 Å². The van der Waals surface area contributed by atoms with Gasteiger partial charge in [-0.05, 0) is 54.7 Å². The van der Waals surface area contributed by atoms with E-state index >= 15 is 0 Å². The molecule has 1 aliphatic heterocycles. The summed E-state index contributed by atoms with van der Waals surface area (Å²) >= 11 is 0. The molecule has 6 heteroatoms. The van der Waals surface area contributed by atoms with E-state index in [1.807, 2.05) is 24.3 Å². The molecule has 148 valence electrons. The van der Waals surface area contributed by atoms with Crippen molar-refractivity contribution in [2.24, 2.45) is 11.7 Å². The minimum atomic E-state index is -0.272. The molecule has 0 saturated carbocycles. The molecule has 1 heterocycles. The molecule has 2 aromatic carbocycles. The van der Waals surface area contributed by atoms with E-state index in [2.05, 4.69) is 10.2 Å². The van der Waals surface area contributed by atoms with Crippen LogP contribution in [0.4, 0.5) is 10.1 Å². The van der Waals surface area contributed by atoms with Crippen LogP contribution in [-0.4, -0.2) is 24.9 Å². The zero-order valence-corrected chi connectivity index (χ0v) is 15.9. The van der Waals surface area contributed by atoms with Gasteiger partial charge in [-0.3, -0.25) is 9.59 Å². The van der Waals surface area contributed by atoms with Gasteiger partial charge in [-0.1, -0.05) is 24.3 Å². The Labute approximate surface area is 164 Å². The number of hydrogen-bond donors (Lipinski definition) is 2. The van der Waals surface area contributed by atoms with E-state index in [0.717, 1.165) is 36.2 Å². The van der Waals surface area contributed by atoms with Crippen LogP contribution in [0.2, 0.25) is 0 Å². The molecule has 0 spiro atoms. The average molecular weight is 383 g/mol. The lowest BCUT2D eigenvalue weighted by Gasteiger charge is -2.33. The highest BCUT2D eigenvalue weighted by molar-refractivity contribution is 5.77. The smallest absolute Gasteiger partial charge is 0.222 e. The van der Waals surface area contributed by atoms with Gasteiger partial charge in [-0.15, -0.1) is 0 Å². The molecule has 5 nitrogen and oxygen atoms in total. The number of rotatable bonds is 7. The average Bonchev–Trinajstić information content (AvgIpc) is 2.72. The minimum absolute atomic E-state index is 0.0336. The van der Waals surface area contributed by atoms with Crippen LogP contribution in [0.15, 0.2) is 48.5 Å². The van der Waals surface area contributed by atoms with Gasteiger partial charge >= 0.3 is 0 Å². The molecule has 1 unspecified atom stereocenters. The van der Waals surface area contributed by atoms with Gasteiger partial charge in [0.25, 0.3) is 0 Å². The lowest BCUT2D eigenvalue weighted by molar-refractivity contribution is -0.122. The van der Waals surface area contributed by atoms with E-state index in [4.69, 9.17) is 5.73 Å². The van der Waals surface area contributed by atoms with Gasteiger partial charge in [-0.2, -0.15) is 0 Å². The Kier molecular flexibility index (Phi) is 6.63. The number of benzene rings is 2. The van der Waals surface area contributed by atoms with Crippen molar-refractivity contribution in [3.63, 3.8) is 0 Å². The molecule has 1 aliphatic rings. The second kappa shape index (κ2) is 9.35. The second-order valence-corrected chi connectivity index (χ2v) is 7.26. The number of hydrogen-bond acceptors (Lipinski definition) is 3. The van der Waals surface area contributed by atoms with Gasteiger partial charge in [0.1, 0.15) is 5.82 Å². The maximum absolute atomic E-state index is 12.9. The van der Waals surface area contributed by atoms with Crippen LogP contribution >= 0.6 is 0 Å². The van der Waals surface area contributed by atoms with Crippen LogP contribution in [0.3, 0.4) is 0 Å². The zero-order chi connectivity index (χ0) is 19.9. The lowest BCUT2D eigenvalue weighted by Crippen LogP contribution is -2.41. The number of nitrogens with two attached hydrogens (primary N) is 1. The van der Waals surface area contributed by atoms with Gasteiger partial charge in [0.2, 0.25) is 11.8 Å². The van der Waals surface area contributed by atoms with Gasteiger partial charge in [-0.25, -0.2) is 4.39 Å². The van der Waals surface area contributed by atoms with E-state index in [1.54, 1.807) is 12.1 Å². The zero-order valence-electron chi connectivity index (χ0n) is 15.9. The van der Waals surface area contributed by atoms with Crippen molar-refractivity contribution in [3.05, 3.63) is 65.5 Å². The van der Waals surface area contributed by atoms with Crippen molar-refractivity contribution in [2.45, 2.75) is 32.2 Å². The number of amides is 2. The topological polar surface area (TPSA) is 75.4 Å². The minimum Gasteiger partial charge on any atom is -0.371 e. The first-order valence-electron chi connectivity index (χ1n) is 9.65. The summed E-state index contributed by atoms with van der Waals surface area (Å²) in [6, 6.07) is 14.2. The van der Waals surface area contributed by atoms with Crippen molar-refractivity contribution >= 4 is 17.5 Å². The molecule has 3 rings (SSSR count). The maximum Gasteiger partial charge on any atom is 0.222 e. The van der Waals surface area contributed by atoms with Crippen LogP contribution in [0.5, 0.6) is 0 Å². The molecule has 28 heavy (non-hydrogen) atoms. The standard InChI is InChI=1S/C22H26FN3O2/c23-19-8-3-16(4-9-19)7-12-21(27)25-14-17-5-10-20(11-6-17)26-13-1-2-18(15-26)22(24)28/h3-6,8-11,18H,1-2,7,12-15H2,(H2,24,28)(H,25,27). The third-order valence-electron chi connectivity index (χ3n) is 5.17. The van der Waals surface area contributed by atoms with E-state index < -0.39 is 0 Å². The maximum atomic E-state index is 12.9. The third kappa shape index (κ3) is 5.55. The number of nitrogens with zero attached hydrogens (tertiary/aromatic N) is 1. The number of piperidine rings is 1. The number of anilines is 1. The van der Waals surface area contributed by atoms with Crippen molar-refractivity contribution < 1.29 is 14.0 Å². The highest BCUT2D eigenvalue weighted by Gasteiger charge is 2.23. The first-order valence-corrected chi connectivity index (χ1v) is 9.65. The monoisotopic (exact) mass is 383 g/mol. The molecular weight excluding hydrogens is 357 g/mol. The van der Waals surface area contributed by atoms with Crippen molar-refractivity contribution in [2.75, 3.05) is 18.0 Å². The Hall–Kier alpha value is -2.89. The Balaban J connectivity index is 1.45. The van der Waals surface area contributed by atoms with E-state index in [0.29, 0.717) is 25.9 Å². The largest absolute Gasteiger partial charge is 0.371 e. The van der Waals surface area contributed by atoms with E-state index in [9.17, 15) is 14.0 Å². The van der Waals surface area contributed by atoms with Crippen LogP contribution in [0.1, 0.15) is 30.4 Å². The normalized spacial score (nSPS) is 16.6. The summed E-state index contributed by atoms with van der Waals surface area (Å²) in [6.07, 6.45) is 2.76. The summed E-state index contributed by atoms with van der Waals surface area (Å²) in [6.45, 7) is 2.05. The van der Waals surface area contributed by atoms with Gasteiger partial charge in [0.05, 0.1) is 5.92 Å². The fourth-order valence-electron chi connectivity index (χ4n) is 3.47. The summed E-state index contributed by atoms with van der Waals surface area (Å²) in [7, 11) is 0. The Bertz CT molecular complexity index is 806. The molecule has 0 radical (unpaired) electrons. The number of primary amides is 1. The summed E-state index contributed by atoms with van der Waals surface area (Å²) in [5, 5.41) is 2.91. The summed E-state index contributed by atoms with van der Waals surface area (Å²) in [5.41, 5.74) is 8.47. The van der Waals surface area contributed by atoms with Crippen molar-refractivity contribution in [1.29, 1.82) is 0 Å². The molecule has 2 aromatic rings. The second-order valence-electron chi connectivity index (χ2n) is 7.26.